The van der Waals surface area contributed by atoms with Crippen LogP contribution in [-0.4, -0.2) is 48.2 Å². The molecule has 1 heterocycles. The molecule has 0 aliphatic heterocycles. The second kappa shape index (κ2) is 19.4. The van der Waals surface area contributed by atoms with E-state index in [4.69, 9.17) is 4.74 Å². The SMILES string of the molecule is CC.CC.CC(C)c1cc(C2=CC(=O)CC2)n[nH]1.CCC/C(=C\C(COC)=NC)C(C)=O. The highest BCUT2D eigenvalue weighted by Crippen LogP contribution is 2.26. The molecule has 1 N–H and O–H groups in total. The first kappa shape index (κ1) is 31.8. The second-order valence-electron chi connectivity index (χ2n) is 7.12. The molecule has 1 aliphatic rings. The Bertz CT molecular complexity index is 756. The van der Waals surface area contributed by atoms with Crippen molar-refractivity contribution in [2.45, 2.75) is 87.0 Å². The van der Waals surface area contributed by atoms with E-state index in [1.54, 1.807) is 27.2 Å². The van der Waals surface area contributed by atoms with Crippen LogP contribution >= 0.6 is 0 Å². The van der Waals surface area contributed by atoms with Crippen molar-refractivity contribution in [3.63, 3.8) is 0 Å². The van der Waals surface area contributed by atoms with E-state index in [1.165, 1.54) is 0 Å². The number of Topliss-reactive ketones (excluding diaryl/α,β-unsaturated/α-hetero) is 1. The number of nitrogens with one attached hydrogen (secondary N) is 1. The summed E-state index contributed by atoms with van der Waals surface area (Å²) in [5.41, 5.74) is 4.76. The molecule has 0 fully saturated rings. The highest BCUT2D eigenvalue weighted by molar-refractivity contribution is 6.04. The van der Waals surface area contributed by atoms with Gasteiger partial charge in [-0.2, -0.15) is 5.10 Å². The van der Waals surface area contributed by atoms with E-state index in [9.17, 15) is 9.59 Å². The molecule has 1 aromatic heterocycles. The van der Waals surface area contributed by atoms with Crippen LogP contribution in [0.1, 0.15) is 98.4 Å². The minimum absolute atomic E-state index is 0.115. The Kier molecular flexibility index (Phi) is 19.3. The quantitative estimate of drug-likeness (QED) is 0.371. The van der Waals surface area contributed by atoms with E-state index in [0.717, 1.165) is 47.5 Å². The summed E-state index contributed by atoms with van der Waals surface area (Å²) in [4.78, 5) is 26.3. The number of ketones is 2. The van der Waals surface area contributed by atoms with Crippen LogP contribution in [0.15, 0.2) is 28.8 Å². The molecule has 2 rings (SSSR count). The van der Waals surface area contributed by atoms with Gasteiger partial charge in [0, 0.05) is 26.3 Å². The van der Waals surface area contributed by atoms with Crippen LogP contribution in [0, 0.1) is 0 Å². The Morgan fingerprint density at radius 3 is 2.25 bits per heavy atom. The highest BCUT2D eigenvalue weighted by atomic mass is 16.5. The van der Waals surface area contributed by atoms with Gasteiger partial charge < -0.3 is 4.74 Å². The van der Waals surface area contributed by atoms with Crippen LogP contribution in [0.5, 0.6) is 0 Å². The van der Waals surface area contributed by atoms with Gasteiger partial charge in [-0.05, 0) is 55.0 Å². The van der Waals surface area contributed by atoms with Gasteiger partial charge in [-0.1, -0.05) is 54.9 Å². The molecule has 0 bridgehead atoms. The molecule has 0 unspecified atom stereocenters. The number of aromatic nitrogens is 2. The average Bonchev–Trinajstić information content (AvgIpc) is 3.45. The molecule has 1 aliphatic carbocycles. The highest BCUT2D eigenvalue weighted by Gasteiger charge is 2.16. The van der Waals surface area contributed by atoms with Crippen molar-refractivity contribution in [1.82, 2.24) is 10.2 Å². The molecule has 0 aromatic carbocycles. The summed E-state index contributed by atoms with van der Waals surface area (Å²) in [6, 6.07) is 2.04. The number of aliphatic imine (C=N–C) groups is 1. The topological polar surface area (TPSA) is 84.4 Å². The first-order valence-corrected chi connectivity index (χ1v) is 11.8. The van der Waals surface area contributed by atoms with Crippen molar-refractivity contribution in [2.24, 2.45) is 4.99 Å². The molecular weight excluding hydrogens is 402 g/mol. The Hall–Kier alpha value is -2.34. The number of hydrogen-bond donors (Lipinski definition) is 1. The maximum absolute atomic E-state index is 11.2. The first-order valence-electron chi connectivity index (χ1n) is 11.8. The van der Waals surface area contributed by atoms with Crippen LogP contribution in [0.4, 0.5) is 0 Å². The Morgan fingerprint density at radius 2 is 1.88 bits per heavy atom. The molecule has 0 atom stereocenters. The molecule has 1 aromatic rings. The number of nitrogens with zero attached hydrogens (tertiary/aromatic N) is 2. The van der Waals surface area contributed by atoms with Crippen molar-refractivity contribution in [1.29, 1.82) is 0 Å². The Balaban J connectivity index is 0. The summed E-state index contributed by atoms with van der Waals surface area (Å²) in [6.07, 6.45) is 6.78. The molecule has 6 heteroatoms. The summed E-state index contributed by atoms with van der Waals surface area (Å²) >= 11 is 0. The lowest BCUT2D eigenvalue weighted by Gasteiger charge is -2.03. The minimum Gasteiger partial charge on any atom is -0.378 e. The number of carbonyl (C=O) groups excluding carboxylic acids is 2. The van der Waals surface area contributed by atoms with Gasteiger partial charge in [0.05, 0.1) is 18.0 Å². The van der Waals surface area contributed by atoms with Gasteiger partial charge in [-0.25, -0.2) is 0 Å². The number of rotatable bonds is 8. The largest absolute Gasteiger partial charge is 0.378 e. The maximum Gasteiger partial charge on any atom is 0.156 e. The molecular formula is C26H45N3O3. The summed E-state index contributed by atoms with van der Waals surface area (Å²) in [5, 5.41) is 7.20. The third-order valence-electron chi connectivity index (χ3n) is 4.42. The molecule has 0 radical (unpaired) electrons. The van der Waals surface area contributed by atoms with Gasteiger partial charge in [-0.15, -0.1) is 0 Å². The molecule has 32 heavy (non-hydrogen) atoms. The van der Waals surface area contributed by atoms with Crippen LogP contribution in [0.3, 0.4) is 0 Å². The smallest absolute Gasteiger partial charge is 0.156 e. The zero-order valence-electron chi connectivity index (χ0n) is 22.0. The standard InChI is InChI=1S/C11H14N2O.C11H19NO2.2C2H6/c1-7(2)10-6-11(13-12-10)8-3-4-9(14)5-8;1-5-6-10(9(2)13)7-11(12-3)8-14-4;2*1-2/h5-7H,3-4H2,1-2H3,(H,12,13);7H,5-6,8H2,1-4H3;2*1-2H3/b;10-7+,12-11?;;. The molecule has 0 amide bonds. The monoisotopic (exact) mass is 447 g/mol. The minimum atomic E-state index is 0.115. The van der Waals surface area contributed by atoms with E-state index in [-0.39, 0.29) is 11.6 Å². The van der Waals surface area contributed by atoms with E-state index >= 15 is 0 Å². The molecule has 0 saturated carbocycles. The number of methoxy groups -OCH3 is 1. The van der Waals surface area contributed by atoms with Crippen LogP contribution in [0.2, 0.25) is 0 Å². The summed E-state index contributed by atoms with van der Waals surface area (Å²) < 4.78 is 4.97. The number of hydrogen-bond acceptors (Lipinski definition) is 5. The number of aromatic amines is 1. The third kappa shape index (κ3) is 12.5. The fraction of sp³-hybridized carbons (Fsp3) is 0.615. The number of carbonyl (C=O) groups is 2. The lowest BCUT2D eigenvalue weighted by Crippen LogP contribution is -2.07. The van der Waals surface area contributed by atoms with E-state index in [2.05, 4.69) is 36.0 Å². The fourth-order valence-electron chi connectivity index (χ4n) is 2.73. The maximum atomic E-state index is 11.2. The Labute approximate surface area is 195 Å². The predicted molar refractivity (Wildman–Crippen MR) is 136 cm³/mol. The first-order chi connectivity index (χ1) is 15.3. The molecule has 0 saturated heterocycles. The molecule has 182 valence electrons. The summed E-state index contributed by atoms with van der Waals surface area (Å²) in [6.45, 7) is 16.3. The summed E-state index contributed by atoms with van der Waals surface area (Å²) in [5.74, 6) is 0.784. The van der Waals surface area contributed by atoms with Gasteiger partial charge in [0.1, 0.15) is 0 Å². The van der Waals surface area contributed by atoms with Gasteiger partial charge in [0.25, 0.3) is 0 Å². The van der Waals surface area contributed by atoms with Crippen molar-refractivity contribution in [2.75, 3.05) is 20.8 Å². The van der Waals surface area contributed by atoms with E-state index in [1.807, 2.05) is 39.8 Å². The van der Waals surface area contributed by atoms with Gasteiger partial charge in [0.2, 0.25) is 0 Å². The van der Waals surface area contributed by atoms with Crippen LogP contribution < -0.4 is 0 Å². The predicted octanol–water partition coefficient (Wildman–Crippen LogP) is 6.35. The van der Waals surface area contributed by atoms with Gasteiger partial charge in [0.15, 0.2) is 11.6 Å². The lowest BCUT2D eigenvalue weighted by atomic mass is 10.1. The average molecular weight is 448 g/mol. The lowest BCUT2D eigenvalue weighted by molar-refractivity contribution is -0.114. The fourth-order valence-corrected chi connectivity index (χ4v) is 2.73. The second-order valence-corrected chi connectivity index (χ2v) is 7.12. The van der Waals surface area contributed by atoms with Crippen molar-refractivity contribution in [3.8, 4) is 0 Å². The number of ether oxygens (including phenoxy) is 1. The van der Waals surface area contributed by atoms with Crippen LogP contribution in [0.25, 0.3) is 5.57 Å². The molecule has 6 nitrogen and oxygen atoms in total. The summed E-state index contributed by atoms with van der Waals surface area (Å²) in [7, 11) is 3.32. The third-order valence-corrected chi connectivity index (χ3v) is 4.42. The number of H-pyrrole nitrogens is 1. The zero-order chi connectivity index (χ0) is 25.1. The van der Waals surface area contributed by atoms with Crippen molar-refractivity contribution >= 4 is 22.9 Å². The van der Waals surface area contributed by atoms with Crippen LogP contribution in [-0.2, 0) is 14.3 Å². The van der Waals surface area contributed by atoms with Gasteiger partial charge in [-0.3, -0.25) is 19.7 Å². The number of allylic oxidation sites excluding steroid dienone is 3. The normalized spacial score (nSPS) is 13.3. The zero-order valence-corrected chi connectivity index (χ0v) is 22.0. The van der Waals surface area contributed by atoms with Gasteiger partial charge >= 0.3 is 0 Å². The van der Waals surface area contributed by atoms with Crippen molar-refractivity contribution in [3.05, 3.63) is 35.2 Å². The van der Waals surface area contributed by atoms with E-state index < -0.39 is 0 Å². The molecule has 0 spiro atoms. The Morgan fingerprint density at radius 1 is 1.25 bits per heavy atom. The van der Waals surface area contributed by atoms with Crippen molar-refractivity contribution < 1.29 is 14.3 Å². The van der Waals surface area contributed by atoms with E-state index in [0.29, 0.717) is 18.9 Å².